The fourth-order valence-electron chi connectivity index (χ4n) is 2.54. The zero-order valence-corrected chi connectivity index (χ0v) is 12.2. The second-order valence-corrected chi connectivity index (χ2v) is 5.04. The molecule has 0 heterocycles. The summed E-state index contributed by atoms with van der Waals surface area (Å²) in [6.07, 6.45) is 2.21. The van der Waals surface area contributed by atoms with Crippen LogP contribution in [0.5, 0.6) is 0 Å². The minimum absolute atomic E-state index is 0.0486. The molecule has 0 radical (unpaired) electrons. The van der Waals surface area contributed by atoms with E-state index in [1.807, 2.05) is 6.07 Å². The molecule has 1 unspecified atom stereocenters. The highest BCUT2D eigenvalue weighted by atomic mass is 19.1. The number of hydrogen-bond acceptors (Lipinski definition) is 1. The molecular weight excluding hydrogens is 249 g/mol. The summed E-state index contributed by atoms with van der Waals surface area (Å²) < 4.78 is 13.5. The standard InChI is InChI=1S/C18H22FN/c1-3-7-14-8-5-9-15(12-14)18(20-4-2)16-10-6-11-17(19)13-16/h5-6,8-13,18,20H,3-4,7H2,1-2H3. The zero-order chi connectivity index (χ0) is 14.4. The van der Waals surface area contributed by atoms with Crippen LogP contribution in [0.2, 0.25) is 0 Å². The molecule has 0 fully saturated rings. The van der Waals surface area contributed by atoms with Gasteiger partial charge in [-0.25, -0.2) is 4.39 Å². The summed E-state index contributed by atoms with van der Waals surface area (Å²) in [4.78, 5) is 0. The Kier molecular flexibility index (Phi) is 5.31. The van der Waals surface area contributed by atoms with Crippen LogP contribution < -0.4 is 5.32 Å². The van der Waals surface area contributed by atoms with Crippen LogP contribution in [0.3, 0.4) is 0 Å². The van der Waals surface area contributed by atoms with Crippen molar-refractivity contribution >= 4 is 0 Å². The number of hydrogen-bond donors (Lipinski definition) is 1. The van der Waals surface area contributed by atoms with Gasteiger partial charge in [-0.1, -0.05) is 56.7 Å². The van der Waals surface area contributed by atoms with Crippen LogP contribution in [0.1, 0.15) is 43.0 Å². The van der Waals surface area contributed by atoms with Gasteiger partial charge in [0.15, 0.2) is 0 Å². The van der Waals surface area contributed by atoms with Gasteiger partial charge in [0.05, 0.1) is 6.04 Å². The summed E-state index contributed by atoms with van der Waals surface area (Å²) in [5.74, 6) is -0.185. The Morgan fingerprint density at radius 2 is 1.70 bits per heavy atom. The lowest BCUT2D eigenvalue weighted by Crippen LogP contribution is -2.22. The van der Waals surface area contributed by atoms with Gasteiger partial charge < -0.3 is 5.32 Å². The van der Waals surface area contributed by atoms with Crippen LogP contribution in [0.4, 0.5) is 4.39 Å². The number of rotatable bonds is 6. The van der Waals surface area contributed by atoms with Crippen molar-refractivity contribution in [3.8, 4) is 0 Å². The summed E-state index contributed by atoms with van der Waals surface area (Å²) in [5, 5.41) is 3.45. The lowest BCUT2D eigenvalue weighted by Gasteiger charge is -2.20. The maximum atomic E-state index is 13.5. The predicted octanol–water partition coefficient (Wildman–Crippen LogP) is 4.48. The molecule has 2 rings (SSSR count). The molecule has 1 nitrogen and oxygen atoms in total. The Labute approximate surface area is 120 Å². The van der Waals surface area contributed by atoms with Gasteiger partial charge in [-0.05, 0) is 41.8 Å². The lowest BCUT2D eigenvalue weighted by atomic mass is 9.96. The molecule has 0 aliphatic heterocycles. The second kappa shape index (κ2) is 7.20. The monoisotopic (exact) mass is 271 g/mol. The predicted molar refractivity (Wildman–Crippen MR) is 82.4 cm³/mol. The first-order chi connectivity index (χ1) is 9.74. The van der Waals surface area contributed by atoms with Gasteiger partial charge in [0, 0.05) is 0 Å². The first-order valence-electron chi connectivity index (χ1n) is 7.32. The molecule has 1 N–H and O–H groups in total. The normalized spacial score (nSPS) is 12.3. The molecule has 2 aromatic carbocycles. The van der Waals surface area contributed by atoms with E-state index in [9.17, 15) is 4.39 Å². The molecule has 106 valence electrons. The summed E-state index contributed by atoms with van der Waals surface area (Å²) in [5.41, 5.74) is 3.51. The fourth-order valence-corrected chi connectivity index (χ4v) is 2.54. The quantitative estimate of drug-likeness (QED) is 0.817. The van der Waals surface area contributed by atoms with Crippen LogP contribution in [0, 0.1) is 5.82 Å². The van der Waals surface area contributed by atoms with Gasteiger partial charge in [0.25, 0.3) is 0 Å². The summed E-state index contributed by atoms with van der Waals surface area (Å²) >= 11 is 0. The molecule has 0 aromatic heterocycles. The largest absolute Gasteiger partial charge is 0.307 e. The van der Waals surface area contributed by atoms with Crippen molar-refractivity contribution < 1.29 is 4.39 Å². The van der Waals surface area contributed by atoms with Crippen molar-refractivity contribution in [2.45, 2.75) is 32.7 Å². The van der Waals surface area contributed by atoms with E-state index in [4.69, 9.17) is 0 Å². The Hall–Kier alpha value is -1.67. The van der Waals surface area contributed by atoms with Crippen LogP contribution in [-0.4, -0.2) is 6.54 Å². The maximum absolute atomic E-state index is 13.5. The van der Waals surface area contributed by atoms with Gasteiger partial charge in [-0.15, -0.1) is 0 Å². The van der Waals surface area contributed by atoms with Gasteiger partial charge in [0.2, 0.25) is 0 Å². The van der Waals surface area contributed by atoms with E-state index in [0.29, 0.717) is 0 Å². The second-order valence-electron chi connectivity index (χ2n) is 5.04. The van der Waals surface area contributed by atoms with Crippen molar-refractivity contribution in [1.82, 2.24) is 5.32 Å². The van der Waals surface area contributed by atoms with E-state index in [1.54, 1.807) is 12.1 Å². The van der Waals surface area contributed by atoms with E-state index in [-0.39, 0.29) is 11.9 Å². The Balaban J connectivity index is 2.35. The molecule has 1 atom stereocenters. The van der Waals surface area contributed by atoms with Crippen molar-refractivity contribution in [3.05, 3.63) is 71.0 Å². The number of nitrogens with one attached hydrogen (secondary N) is 1. The van der Waals surface area contributed by atoms with E-state index in [0.717, 1.165) is 24.9 Å². The van der Waals surface area contributed by atoms with Gasteiger partial charge in [0.1, 0.15) is 5.82 Å². The highest BCUT2D eigenvalue weighted by Crippen LogP contribution is 2.23. The van der Waals surface area contributed by atoms with Crippen molar-refractivity contribution in [2.75, 3.05) is 6.54 Å². The van der Waals surface area contributed by atoms with Crippen LogP contribution in [0.25, 0.3) is 0 Å². The van der Waals surface area contributed by atoms with Gasteiger partial charge in [-0.2, -0.15) is 0 Å². The average molecular weight is 271 g/mol. The molecule has 2 aromatic rings. The molecule has 0 saturated heterocycles. The number of halogens is 1. The van der Waals surface area contributed by atoms with E-state index < -0.39 is 0 Å². The molecule has 0 saturated carbocycles. The minimum atomic E-state index is -0.185. The Bertz CT molecular complexity index is 551. The van der Waals surface area contributed by atoms with Crippen molar-refractivity contribution in [3.63, 3.8) is 0 Å². The molecule has 20 heavy (non-hydrogen) atoms. The fraction of sp³-hybridized carbons (Fsp3) is 0.333. The van der Waals surface area contributed by atoms with Crippen LogP contribution >= 0.6 is 0 Å². The smallest absolute Gasteiger partial charge is 0.123 e. The Morgan fingerprint density at radius 3 is 2.35 bits per heavy atom. The molecule has 2 heteroatoms. The highest BCUT2D eigenvalue weighted by Gasteiger charge is 2.13. The SMILES string of the molecule is CCCc1cccc(C(NCC)c2cccc(F)c2)c1. The van der Waals surface area contributed by atoms with E-state index in [1.165, 1.54) is 17.2 Å². The topological polar surface area (TPSA) is 12.0 Å². The molecule has 0 aliphatic rings. The minimum Gasteiger partial charge on any atom is -0.307 e. The zero-order valence-electron chi connectivity index (χ0n) is 12.2. The third-order valence-corrected chi connectivity index (χ3v) is 3.41. The molecule has 0 bridgehead atoms. The Morgan fingerprint density at radius 1 is 1.00 bits per heavy atom. The average Bonchev–Trinajstić information content (AvgIpc) is 2.45. The summed E-state index contributed by atoms with van der Waals surface area (Å²) in [6.45, 7) is 5.10. The van der Waals surface area contributed by atoms with E-state index in [2.05, 4.69) is 43.4 Å². The third kappa shape index (κ3) is 3.67. The van der Waals surface area contributed by atoms with Crippen molar-refractivity contribution in [2.24, 2.45) is 0 Å². The molecular formula is C18H22FN. The number of aryl methyl sites for hydroxylation is 1. The third-order valence-electron chi connectivity index (χ3n) is 3.41. The van der Waals surface area contributed by atoms with Crippen LogP contribution in [-0.2, 0) is 6.42 Å². The summed E-state index contributed by atoms with van der Waals surface area (Å²) in [6, 6.07) is 15.5. The molecule has 0 spiro atoms. The van der Waals surface area contributed by atoms with Gasteiger partial charge >= 0.3 is 0 Å². The van der Waals surface area contributed by atoms with E-state index >= 15 is 0 Å². The lowest BCUT2D eigenvalue weighted by molar-refractivity contribution is 0.603. The molecule has 0 aliphatic carbocycles. The first-order valence-corrected chi connectivity index (χ1v) is 7.32. The first kappa shape index (κ1) is 14.7. The summed E-state index contributed by atoms with van der Waals surface area (Å²) in [7, 11) is 0. The van der Waals surface area contributed by atoms with Crippen molar-refractivity contribution in [1.29, 1.82) is 0 Å². The molecule has 0 amide bonds. The van der Waals surface area contributed by atoms with Gasteiger partial charge in [-0.3, -0.25) is 0 Å². The highest BCUT2D eigenvalue weighted by molar-refractivity contribution is 5.34. The number of benzene rings is 2. The van der Waals surface area contributed by atoms with Crippen LogP contribution in [0.15, 0.2) is 48.5 Å². The maximum Gasteiger partial charge on any atom is 0.123 e.